The Morgan fingerprint density at radius 3 is 2.71 bits per heavy atom. The SMILES string of the molecule is Cc1ccc(CN2CCC(O)(c3cccnc3F)CC2)o1. The van der Waals surface area contributed by atoms with Crippen molar-refractivity contribution in [2.75, 3.05) is 13.1 Å². The Balaban J connectivity index is 1.66. The molecule has 21 heavy (non-hydrogen) atoms. The average molecular weight is 290 g/mol. The summed E-state index contributed by atoms with van der Waals surface area (Å²) < 4.78 is 19.3. The fraction of sp³-hybridized carbons (Fsp3) is 0.438. The zero-order chi connectivity index (χ0) is 14.9. The second-order valence-corrected chi connectivity index (χ2v) is 5.66. The zero-order valence-corrected chi connectivity index (χ0v) is 12.1. The summed E-state index contributed by atoms with van der Waals surface area (Å²) in [6.07, 6.45) is 2.39. The molecule has 1 N–H and O–H groups in total. The van der Waals surface area contributed by atoms with Gasteiger partial charge < -0.3 is 9.52 Å². The van der Waals surface area contributed by atoms with E-state index in [1.807, 2.05) is 19.1 Å². The molecule has 0 amide bonds. The van der Waals surface area contributed by atoms with Crippen molar-refractivity contribution in [1.29, 1.82) is 0 Å². The lowest BCUT2D eigenvalue weighted by Crippen LogP contribution is -2.42. The highest BCUT2D eigenvalue weighted by molar-refractivity contribution is 5.20. The summed E-state index contributed by atoms with van der Waals surface area (Å²) in [6, 6.07) is 7.19. The number of aryl methyl sites for hydroxylation is 1. The normalized spacial score (nSPS) is 18.8. The molecule has 0 atom stereocenters. The minimum atomic E-state index is -1.12. The van der Waals surface area contributed by atoms with E-state index in [2.05, 4.69) is 9.88 Å². The third-order valence-corrected chi connectivity index (χ3v) is 4.12. The van der Waals surface area contributed by atoms with Crippen LogP contribution in [0.4, 0.5) is 4.39 Å². The molecule has 5 heteroatoms. The summed E-state index contributed by atoms with van der Waals surface area (Å²) in [5.41, 5.74) is -0.813. The van der Waals surface area contributed by atoms with E-state index < -0.39 is 11.5 Å². The van der Waals surface area contributed by atoms with Gasteiger partial charge in [-0.1, -0.05) is 6.07 Å². The van der Waals surface area contributed by atoms with Crippen LogP contribution in [0.5, 0.6) is 0 Å². The van der Waals surface area contributed by atoms with Gasteiger partial charge in [-0.15, -0.1) is 0 Å². The molecule has 0 aromatic carbocycles. The van der Waals surface area contributed by atoms with Crippen LogP contribution in [0.1, 0.15) is 29.9 Å². The van der Waals surface area contributed by atoms with Crippen LogP contribution in [-0.4, -0.2) is 28.1 Å². The Labute approximate surface area is 123 Å². The molecule has 1 aliphatic rings. The van der Waals surface area contributed by atoms with Crippen LogP contribution in [0, 0.1) is 12.9 Å². The topological polar surface area (TPSA) is 49.5 Å². The number of hydrogen-bond donors (Lipinski definition) is 1. The van der Waals surface area contributed by atoms with E-state index in [4.69, 9.17) is 4.42 Å². The van der Waals surface area contributed by atoms with Gasteiger partial charge in [0.15, 0.2) is 0 Å². The third-order valence-electron chi connectivity index (χ3n) is 4.12. The van der Waals surface area contributed by atoms with Crippen molar-refractivity contribution in [3.63, 3.8) is 0 Å². The smallest absolute Gasteiger partial charge is 0.218 e. The summed E-state index contributed by atoms with van der Waals surface area (Å²) in [6.45, 7) is 4.04. The van der Waals surface area contributed by atoms with Crippen molar-refractivity contribution in [2.24, 2.45) is 0 Å². The number of aliphatic hydroxyl groups is 1. The lowest BCUT2D eigenvalue weighted by atomic mass is 9.85. The largest absolute Gasteiger partial charge is 0.465 e. The Morgan fingerprint density at radius 1 is 1.33 bits per heavy atom. The minimum absolute atomic E-state index is 0.304. The molecule has 1 aliphatic heterocycles. The monoisotopic (exact) mass is 290 g/mol. The maximum atomic E-state index is 13.8. The van der Waals surface area contributed by atoms with Gasteiger partial charge in [-0.25, -0.2) is 4.98 Å². The molecule has 4 nitrogen and oxygen atoms in total. The van der Waals surface area contributed by atoms with E-state index in [9.17, 15) is 9.50 Å². The lowest BCUT2D eigenvalue weighted by Gasteiger charge is -2.38. The van der Waals surface area contributed by atoms with Gasteiger partial charge in [-0.3, -0.25) is 4.90 Å². The van der Waals surface area contributed by atoms with Gasteiger partial charge >= 0.3 is 0 Å². The molecule has 0 saturated carbocycles. The zero-order valence-electron chi connectivity index (χ0n) is 12.1. The predicted molar refractivity (Wildman–Crippen MR) is 76.0 cm³/mol. The number of halogens is 1. The van der Waals surface area contributed by atoms with Gasteiger partial charge in [0.25, 0.3) is 0 Å². The first-order valence-corrected chi connectivity index (χ1v) is 7.18. The second kappa shape index (κ2) is 5.58. The first-order chi connectivity index (χ1) is 10.1. The number of aromatic nitrogens is 1. The first kappa shape index (κ1) is 14.2. The molecule has 0 unspecified atom stereocenters. The molecule has 112 valence electrons. The van der Waals surface area contributed by atoms with Gasteiger partial charge in [0, 0.05) is 24.8 Å². The Hall–Kier alpha value is -1.72. The van der Waals surface area contributed by atoms with Crippen LogP contribution < -0.4 is 0 Å². The van der Waals surface area contributed by atoms with Crippen LogP contribution in [0.2, 0.25) is 0 Å². The molecule has 0 radical (unpaired) electrons. The standard InChI is InChI=1S/C16H19FN2O2/c1-12-4-5-13(21-12)11-19-9-6-16(20,7-10-19)14-3-2-8-18-15(14)17/h2-5,8,20H,6-7,9-11H2,1H3. The van der Waals surface area contributed by atoms with Gasteiger partial charge in [0.1, 0.15) is 11.5 Å². The maximum absolute atomic E-state index is 13.8. The molecule has 0 spiro atoms. The second-order valence-electron chi connectivity index (χ2n) is 5.66. The van der Waals surface area contributed by atoms with E-state index in [1.165, 1.54) is 6.20 Å². The summed E-state index contributed by atoms with van der Waals surface area (Å²) in [5, 5.41) is 10.7. The summed E-state index contributed by atoms with van der Waals surface area (Å²) in [5.74, 6) is 1.25. The molecule has 0 aliphatic carbocycles. The quantitative estimate of drug-likeness (QED) is 0.883. The molecule has 3 heterocycles. The van der Waals surface area contributed by atoms with Crippen LogP contribution in [0.3, 0.4) is 0 Å². The van der Waals surface area contributed by atoms with Crippen LogP contribution in [-0.2, 0) is 12.1 Å². The van der Waals surface area contributed by atoms with Crippen LogP contribution in [0.15, 0.2) is 34.9 Å². The van der Waals surface area contributed by atoms with Crippen molar-refractivity contribution in [2.45, 2.75) is 31.9 Å². The number of piperidine rings is 1. The number of nitrogens with zero attached hydrogens (tertiary/aromatic N) is 2. The maximum Gasteiger partial charge on any atom is 0.218 e. The Kier molecular flexibility index (Phi) is 3.78. The Bertz CT molecular complexity index is 618. The fourth-order valence-corrected chi connectivity index (χ4v) is 2.87. The highest BCUT2D eigenvalue weighted by Gasteiger charge is 2.36. The van der Waals surface area contributed by atoms with E-state index in [-0.39, 0.29) is 0 Å². The molecule has 1 fully saturated rings. The molecule has 1 saturated heterocycles. The van der Waals surface area contributed by atoms with Crippen molar-refractivity contribution >= 4 is 0 Å². The van der Waals surface area contributed by atoms with Gasteiger partial charge in [0.2, 0.25) is 5.95 Å². The highest BCUT2D eigenvalue weighted by atomic mass is 19.1. The molecule has 3 rings (SSSR count). The van der Waals surface area contributed by atoms with Crippen LogP contribution >= 0.6 is 0 Å². The van der Waals surface area contributed by atoms with Crippen LogP contribution in [0.25, 0.3) is 0 Å². The fourth-order valence-electron chi connectivity index (χ4n) is 2.87. The summed E-state index contributed by atoms with van der Waals surface area (Å²) in [4.78, 5) is 5.84. The summed E-state index contributed by atoms with van der Waals surface area (Å²) >= 11 is 0. The van der Waals surface area contributed by atoms with Crippen molar-refractivity contribution in [3.05, 3.63) is 53.5 Å². The van der Waals surface area contributed by atoms with Crippen molar-refractivity contribution < 1.29 is 13.9 Å². The van der Waals surface area contributed by atoms with Crippen molar-refractivity contribution in [3.8, 4) is 0 Å². The van der Waals surface area contributed by atoms with E-state index in [0.29, 0.717) is 31.5 Å². The number of likely N-dealkylation sites (tertiary alicyclic amines) is 1. The third kappa shape index (κ3) is 2.99. The lowest BCUT2D eigenvalue weighted by molar-refractivity contribution is -0.0319. The highest BCUT2D eigenvalue weighted by Crippen LogP contribution is 2.34. The van der Waals surface area contributed by atoms with Crippen molar-refractivity contribution in [1.82, 2.24) is 9.88 Å². The number of furan rings is 1. The first-order valence-electron chi connectivity index (χ1n) is 7.18. The van der Waals surface area contributed by atoms with E-state index >= 15 is 0 Å². The molecule has 2 aromatic rings. The van der Waals surface area contributed by atoms with Gasteiger partial charge in [-0.05, 0) is 38.0 Å². The number of rotatable bonds is 3. The van der Waals surface area contributed by atoms with Gasteiger partial charge in [0.05, 0.1) is 12.1 Å². The molecule has 0 bridgehead atoms. The number of hydrogen-bond acceptors (Lipinski definition) is 4. The van der Waals surface area contributed by atoms with E-state index in [0.717, 1.165) is 18.1 Å². The minimum Gasteiger partial charge on any atom is -0.465 e. The van der Waals surface area contributed by atoms with E-state index in [1.54, 1.807) is 12.1 Å². The Morgan fingerprint density at radius 2 is 2.10 bits per heavy atom. The predicted octanol–water partition coefficient (Wildman–Crippen LogP) is 2.61. The number of pyridine rings is 1. The molecular formula is C16H19FN2O2. The van der Waals surface area contributed by atoms with Gasteiger partial charge in [-0.2, -0.15) is 4.39 Å². The molecule has 2 aromatic heterocycles. The summed E-state index contributed by atoms with van der Waals surface area (Å²) in [7, 11) is 0. The average Bonchev–Trinajstić information content (AvgIpc) is 2.87. The molecular weight excluding hydrogens is 271 g/mol.